The van der Waals surface area contributed by atoms with Crippen molar-refractivity contribution in [3.63, 3.8) is 0 Å². The van der Waals surface area contributed by atoms with Crippen LogP contribution >= 0.6 is 0 Å². The molecule has 0 aliphatic rings. The van der Waals surface area contributed by atoms with Crippen LogP contribution in [0.25, 0.3) is 0 Å². The number of pyridine rings is 1. The van der Waals surface area contributed by atoms with E-state index in [0.717, 1.165) is 0 Å². The first kappa shape index (κ1) is 8.10. The van der Waals surface area contributed by atoms with Gasteiger partial charge in [-0.15, -0.1) is 0 Å². The zero-order chi connectivity index (χ0) is 8.27. The van der Waals surface area contributed by atoms with Crippen LogP contribution in [-0.2, 0) is 0 Å². The van der Waals surface area contributed by atoms with E-state index in [1.54, 1.807) is 0 Å². The summed E-state index contributed by atoms with van der Waals surface area (Å²) in [4.78, 5) is 3.37. The fourth-order valence-electron chi connectivity index (χ4n) is 0.720. The molecule has 0 unspecified atom stereocenters. The molecule has 11 heavy (non-hydrogen) atoms. The summed E-state index contributed by atoms with van der Waals surface area (Å²) in [6.45, 7) is 0.118. The molecule has 3 N–H and O–H groups in total. The lowest BCUT2D eigenvalue weighted by Crippen LogP contribution is -2.11. The highest BCUT2D eigenvalue weighted by Gasteiger charge is 2.04. The van der Waals surface area contributed by atoms with Crippen LogP contribution in [0.2, 0.25) is 0 Å². The van der Waals surface area contributed by atoms with Gasteiger partial charge in [0, 0.05) is 18.3 Å². The fourth-order valence-corrected chi connectivity index (χ4v) is 0.720. The van der Waals surface area contributed by atoms with Crippen molar-refractivity contribution in [1.29, 1.82) is 0 Å². The maximum atomic E-state index is 12.2. The average molecular weight is 156 g/mol. The first-order valence-electron chi connectivity index (χ1n) is 3.23. The summed E-state index contributed by atoms with van der Waals surface area (Å²) < 4.78 is 12.2. The Labute approximate surface area is 63.7 Å². The number of halogens is 1. The topological polar surface area (TPSA) is 59.1 Å². The molecule has 0 fully saturated rings. The Hall–Kier alpha value is -1.00. The normalized spacial score (nSPS) is 13.0. The van der Waals surface area contributed by atoms with Crippen LogP contribution in [0, 0.1) is 5.95 Å². The number of hydrogen-bond acceptors (Lipinski definition) is 3. The number of hydrogen-bond donors (Lipinski definition) is 2. The van der Waals surface area contributed by atoms with Crippen LogP contribution in [0.3, 0.4) is 0 Å². The lowest BCUT2D eigenvalue weighted by Gasteiger charge is -2.05. The van der Waals surface area contributed by atoms with Crippen LogP contribution in [0.4, 0.5) is 4.39 Å². The van der Waals surface area contributed by atoms with Gasteiger partial charge in [0.15, 0.2) is 0 Å². The molecule has 0 aromatic carbocycles. The van der Waals surface area contributed by atoms with Crippen molar-refractivity contribution in [3.05, 3.63) is 29.8 Å². The van der Waals surface area contributed by atoms with E-state index in [-0.39, 0.29) is 6.54 Å². The summed E-state index contributed by atoms with van der Waals surface area (Å²) in [6, 6.07) is 2.65. The Morgan fingerprint density at radius 2 is 2.36 bits per heavy atom. The Bertz CT molecular complexity index is 224. The monoisotopic (exact) mass is 156 g/mol. The molecule has 0 bridgehead atoms. The third kappa shape index (κ3) is 1.96. The minimum Gasteiger partial charge on any atom is -0.387 e. The Morgan fingerprint density at radius 1 is 1.64 bits per heavy atom. The molecule has 0 saturated heterocycles. The van der Waals surface area contributed by atoms with E-state index in [4.69, 9.17) is 10.8 Å². The molecular weight excluding hydrogens is 147 g/mol. The highest BCUT2D eigenvalue weighted by Crippen LogP contribution is 2.08. The summed E-state index contributed by atoms with van der Waals surface area (Å²) in [7, 11) is 0. The van der Waals surface area contributed by atoms with Gasteiger partial charge in [0.05, 0.1) is 6.10 Å². The van der Waals surface area contributed by atoms with Gasteiger partial charge in [-0.25, -0.2) is 4.98 Å². The number of aromatic nitrogens is 1. The van der Waals surface area contributed by atoms with Crippen molar-refractivity contribution in [2.24, 2.45) is 5.73 Å². The van der Waals surface area contributed by atoms with Gasteiger partial charge in [0.1, 0.15) is 0 Å². The molecule has 0 aliphatic carbocycles. The second-order valence-electron chi connectivity index (χ2n) is 2.17. The largest absolute Gasteiger partial charge is 0.387 e. The van der Waals surface area contributed by atoms with Gasteiger partial charge in [-0.1, -0.05) is 6.07 Å². The second kappa shape index (κ2) is 3.41. The van der Waals surface area contributed by atoms with Crippen LogP contribution < -0.4 is 5.73 Å². The van der Waals surface area contributed by atoms with E-state index < -0.39 is 12.1 Å². The van der Waals surface area contributed by atoms with Crippen molar-refractivity contribution in [2.75, 3.05) is 6.54 Å². The molecule has 1 atom stereocenters. The summed E-state index contributed by atoms with van der Waals surface area (Å²) >= 11 is 0. The van der Waals surface area contributed by atoms with Crippen molar-refractivity contribution in [2.45, 2.75) is 6.10 Å². The average Bonchev–Trinajstić information content (AvgIpc) is 2.05. The Morgan fingerprint density at radius 3 is 2.82 bits per heavy atom. The van der Waals surface area contributed by atoms with E-state index >= 15 is 0 Å². The van der Waals surface area contributed by atoms with Gasteiger partial charge in [-0.3, -0.25) is 0 Å². The van der Waals surface area contributed by atoms with Gasteiger partial charge in [0.2, 0.25) is 5.95 Å². The van der Waals surface area contributed by atoms with Crippen LogP contribution in [-0.4, -0.2) is 16.6 Å². The number of nitrogens with two attached hydrogens (primary N) is 1. The standard InChI is InChI=1S/C7H9FN2O/c8-7-2-1-5(4-10-7)6(11)3-9/h1-2,4,6,11H,3,9H2/t6-/m0/s1. The van der Waals surface area contributed by atoms with Gasteiger partial charge < -0.3 is 10.8 Å². The molecule has 0 spiro atoms. The number of nitrogens with zero attached hydrogens (tertiary/aromatic N) is 1. The maximum absolute atomic E-state index is 12.2. The molecule has 0 aliphatic heterocycles. The summed E-state index contributed by atoms with van der Waals surface area (Å²) in [5.74, 6) is -0.557. The molecular formula is C7H9FN2O. The third-order valence-electron chi connectivity index (χ3n) is 1.36. The van der Waals surface area contributed by atoms with E-state index in [1.807, 2.05) is 0 Å². The minimum atomic E-state index is -0.747. The fraction of sp³-hybridized carbons (Fsp3) is 0.286. The van der Waals surface area contributed by atoms with Crippen LogP contribution in [0.1, 0.15) is 11.7 Å². The van der Waals surface area contributed by atoms with Crippen molar-refractivity contribution >= 4 is 0 Å². The highest BCUT2D eigenvalue weighted by atomic mass is 19.1. The third-order valence-corrected chi connectivity index (χ3v) is 1.36. The molecule has 1 aromatic rings. The zero-order valence-electron chi connectivity index (χ0n) is 5.87. The van der Waals surface area contributed by atoms with Crippen LogP contribution in [0.15, 0.2) is 18.3 Å². The lowest BCUT2D eigenvalue weighted by atomic mass is 10.2. The summed E-state index contributed by atoms with van der Waals surface area (Å²) in [5, 5.41) is 9.13. The van der Waals surface area contributed by atoms with Gasteiger partial charge >= 0.3 is 0 Å². The van der Waals surface area contributed by atoms with E-state index in [2.05, 4.69) is 4.98 Å². The molecule has 0 radical (unpaired) electrons. The van der Waals surface area contributed by atoms with Gasteiger partial charge in [-0.2, -0.15) is 4.39 Å². The molecule has 0 saturated carbocycles. The second-order valence-corrected chi connectivity index (χ2v) is 2.17. The predicted octanol–water partition coefficient (Wildman–Crippen LogP) is 0.213. The highest BCUT2D eigenvalue weighted by molar-refractivity contribution is 5.12. The SMILES string of the molecule is NC[C@H](O)c1ccc(F)nc1. The van der Waals surface area contributed by atoms with Crippen molar-refractivity contribution in [3.8, 4) is 0 Å². The molecule has 1 heterocycles. The maximum Gasteiger partial charge on any atom is 0.212 e. The zero-order valence-corrected chi connectivity index (χ0v) is 5.87. The lowest BCUT2D eigenvalue weighted by molar-refractivity contribution is 0.186. The molecule has 4 heteroatoms. The van der Waals surface area contributed by atoms with Gasteiger partial charge in [0.25, 0.3) is 0 Å². The summed E-state index contributed by atoms with van der Waals surface area (Å²) in [6.07, 6.45) is 0.524. The van der Waals surface area contributed by atoms with Gasteiger partial charge in [-0.05, 0) is 6.07 Å². The minimum absolute atomic E-state index is 0.118. The van der Waals surface area contributed by atoms with E-state index in [1.165, 1.54) is 18.3 Å². The Kier molecular flexibility index (Phi) is 2.51. The number of aliphatic hydroxyl groups is 1. The van der Waals surface area contributed by atoms with Crippen molar-refractivity contribution < 1.29 is 9.50 Å². The van der Waals surface area contributed by atoms with Crippen LogP contribution in [0.5, 0.6) is 0 Å². The summed E-state index contributed by atoms with van der Waals surface area (Å²) in [5.41, 5.74) is 5.71. The van der Waals surface area contributed by atoms with E-state index in [9.17, 15) is 4.39 Å². The first-order chi connectivity index (χ1) is 5.24. The molecule has 1 aromatic heterocycles. The number of aliphatic hydroxyl groups excluding tert-OH is 1. The quantitative estimate of drug-likeness (QED) is 0.602. The molecule has 1 rings (SSSR count). The molecule has 0 amide bonds. The number of rotatable bonds is 2. The Balaban J connectivity index is 2.81. The molecule has 60 valence electrons. The predicted molar refractivity (Wildman–Crippen MR) is 38.2 cm³/mol. The smallest absolute Gasteiger partial charge is 0.212 e. The van der Waals surface area contributed by atoms with E-state index in [0.29, 0.717) is 5.56 Å². The van der Waals surface area contributed by atoms with Crippen molar-refractivity contribution in [1.82, 2.24) is 4.98 Å². The molecule has 3 nitrogen and oxygen atoms in total. The first-order valence-corrected chi connectivity index (χ1v) is 3.23.